The summed E-state index contributed by atoms with van der Waals surface area (Å²) in [6.45, 7) is 4.90. The largest absolute Gasteiger partial charge is 0.492 e. The lowest BCUT2D eigenvalue weighted by Gasteiger charge is -2.25. The smallest absolute Gasteiger partial charge is 0.123 e. The molecule has 0 aromatic heterocycles. The highest BCUT2D eigenvalue weighted by Crippen LogP contribution is 2.27. The van der Waals surface area contributed by atoms with Crippen LogP contribution in [0.25, 0.3) is 0 Å². The summed E-state index contributed by atoms with van der Waals surface area (Å²) >= 11 is 0. The number of hydrogen-bond donors (Lipinski definition) is 1. The van der Waals surface area contributed by atoms with Crippen LogP contribution >= 0.6 is 0 Å². The Kier molecular flexibility index (Phi) is 7.90. The Hall–Kier alpha value is -1.06. The van der Waals surface area contributed by atoms with E-state index in [1.165, 1.54) is 44.1 Å². The van der Waals surface area contributed by atoms with Gasteiger partial charge in [-0.2, -0.15) is 0 Å². The van der Waals surface area contributed by atoms with Crippen molar-refractivity contribution in [1.82, 2.24) is 10.2 Å². The molecular formula is C20H34N2O. The minimum atomic E-state index is 0.577. The quantitative estimate of drug-likeness (QED) is 0.742. The number of ether oxygens (including phenoxy) is 1. The minimum absolute atomic E-state index is 0.577. The molecular weight excluding hydrogens is 284 g/mol. The molecule has 0 amide bonds. The number of rotatable bonds is 9. The zero-order chi connectivity index (χ0) is 16.5. The predicted octanol–water partition coefficient (Wildman–Crippen LogP) is 4.08. The first-order valence-electron chi connectivity index (χ1n) is 9.24. The van der Waals surface area contributed by atoms with Gasteiger partial charge in [-0.1, -0.05) is 50.3 Å². The molecule has 0 saturated heterocycles. The number of nitrogens with one attached hydrogen (secondary N) is 1. The minimum Gasteiger partial charge on any atom is -0.492 e. The fourth-order valence-electron chi connectivity index (χ4n) is 3.42. The Bertz CT molecular complexity index is 441. The maximum atomic E-state index is 5.95. The van der Waals surface area contributed by atoms with Crippen LogP contribution in [0, 0.1) is 5.92 Å². The zero-order valence-corrected chi connectivity index (χ0v) is 15.2. The third-order valence-corrected chi connectivity index (χ3v) is 4.82. The summed E-state index contributed by atoms with van der Waals surface area (Å²) in [5.41, 5.74) is 1.27. The lowest BCUT2D eigenvalue weighted by atomic mass is 9.85. The van der Waals surface area contributed by atoms with Crippen molar-refractivity contribution < 1.29 is 4.74 Å². The average Bonchev–Trinajstić information content (AvgIpc) is 2.54. The molecule has 2 rings (SSSR count). The van der Waals surface area contributed by atoms with Crippen LogP contribution in [0.2, 0.25) is 0 Å². The van der Waals surface area contributed by atoms with Crippen molar-refractivity contribution in [2.75, 3.05) is 27.2 Å². The molecule has 0 heterocycles. The second-order valence-electron chi connectivity index (χ2n) is 7.28. The number of hydrogen-bond acceptors (Lipinski definition) is 3. The Labute approximate surface area is 142 Å². The second kappa shape index (κ2) is 9.94. The molecule has 0 spiro atoms. The van der Waals surface area contributed by atoms with Crippen molar-refractivity contribution in [3.05, 3.63) is 29.8 Å². The van der Waals surface area contributed by atoms with Gasteiger partial charge in [-0.05, 0) is 39.4 Å². The fraction of sp³-hybridized carbons (Fsp3) is 0.700. The van der Waals surface area contributed by atoms with Crippen LogP contribution in [0.1, 0.15) is 51.0 Å². The molecule has 1 N–H and O–H groups in total. The van der Waals surface area contributed by atoms with E-state index in [-0.39, 0.29) is 0 Å². The highest BCUT2D eigenvalue weighted by Gasteiger charge is 2.16. The van der Waals surface area contributed by atoms with Gasteiger partial charge in [-0.15, -0.1) is 0 Å². The molecule has 1 aromatic rings. The number of benzene rings is 1. The van der Waals surface area contributed by atoms with Crippen LogP contribution in [0.5, 0.6) is 5.75 Å². The molecule has 1 aliphatic carbocycles. The molecule has 1 atom stereocenters. The van der Waals surface area contributed by atoms with Gasteiger partial charge in [0.25, 0.3) is 0 Å². The lowest BCUT2D eigenvalue weighted by molar-refractivity contribution is 0.258. The van der Waals surface area contributed by atoms with Gasteiger partial charge < -0.3 is 15.0 Å². The van der Waals surface area contributed by atoms with E-state index in [0.29, 0.717) is 6.04 Å². The van der Waals surface area contributed by atoms with Crippen molar-refractivity contribution in [2.24, 2.45) is 5.92 Å². The molecule has 3 heteroatoms. The molecule has 1 saturated carbocycles. The molecule has 1 unspecified atom stereocenters. The third kappa shape index (κ3) is 6.92. The number of nitrogens with zero attached hydrogens (tertiary/aromatic N) is 1. The average molecular weight is 319 g/mol. The van der Waals surface area contributed by atoms with Gasteiger partial charge in [0.15, 0.2) is 0 Å². The summed E-state index contributed by atoms with van der Waals surface area (Å²) in [5, 5.41) is 3.70. The van der Waals surface area contributed by atoms with Gasteiger partial charge in [0, 0.05) is 24.7 Å². The highest BCUT2D eigenvalue weighted by atomic mass is 16.5. The number of para-hydroxylation sites is 1. The van der Waals surface area contributed by atoms with Gasteiger partial charge in [-0.25, -0.2) is 0 Å². The van der Waals surface area contributed by atoms with E-state index in [9.17, 15) is 0 Å². The first kappa shape index (κ1) is 18.3. The van der Waals surface area contributed by atoms with Crippen LogP contribution in [0.3, 0.4) is 0 Å². The van der Waals surface area contributed by atoms with Crippen LogP contribution in [-0.2, 0) is 6.54 Å². The van der Waals surface area contributed by atoms with Crippen LogP contribution in [0.4, 0.5) is 0 Å². The Balaban J connectivity index is 1.77. The van der Waals surface area contributed by atoms with Gasteiger partial charge in [0.1, 0.15) is 12.4 Å². The molecule has 0 radical (unpaired) electrons. The molecule has 0 aliphatic heterocycles. The predicted molar refractivity (Wildman–Crippen MR) is 98.0 cm³/mol. The summed E-state index contributed by atoms with van der Waals surface area (Å²) in [6, 6.07) is 8.98. The first-order valence-corrected chi connectivity index (χ1v) is 9.24. The van der Waals surface area contributed by atoms with E-state index < -0.39 is 0 Å². The highest BCUT2D eigenvalue weighted by molar-refractivity contribution is 5.33. The van der Waals surface area contributed by atoms with Gasteiger partial charge >= 0.3 is 0 Å². The van der Waals surface area contributed by atoms with Crippen molar-refractivity contribution in [3.63, 3.8) is 0 Å². The van der Waals surface area contributed by atoms with E-state index in [2.05, 4.69) is 55.5 Å². The Morgan fingerprint density at radius 1 is 1.17 bits per heavy atom. The van der Waals surface area contributed by atoms with Crippen molar-refractivity contribution >= 4 is 0 Å². The SMILES string of the molecule is CC(CC1CCCCC1)NCc1ccccc1OCCN(C)C. The van der Waals surface area contributed by atoms with E-state index in [1.807, 2.05) is 0 Å². The summed E-state index contributed by atoms with van der Waals surface area (Å²) in [7, 11) is 4.15. The van der Waals surface area contributed by atoms with Crippen LogP contribution < -0.4 is 10.1 Å². The maximum Gasteiger partial charge on any atom is 0.123 e. The summed E-state index contributed by atoms with van der Waals surface area (Å²) in [4.78, 5) is 2.15. The second-order valence-corrected chi connectivity index (χ2v) is 7.28. The summed E-state index contributed by atoms with van der Waals surface area (Å²) in [6.07, 6.45) is 8.46. The van der Waals surface area contributed by atoms with Crippen LogP contribution in [-0.4, -0.2) is 38.2 Å². The molecule has 3 nitrogen and oxygen atoms in total. The molecule has 1 aliphatic rings. The van der Waals surface area contributed by atoms with Crippen LogP contribution in [0.15, 0.2) is 24.3 Å². The maximum absolute atomic E-state index is 5.95. The standard InChI is InChI=1S/C20H34N2O/c1-17(15-18-9-5-4-6-10-18)21-16-19-11-7-8-12-20(19)23-14-13-22(2)3/h7-8,11-12,17-18,21H,4-6,9-10,13-16H2,1-3H3. The molecule has 130 valence electrons. The van der Waals surface area contributed by atoms with Crippen molar-refractivity contribution in [1.29, 1.82) is 0 Å². The molecule has 0 bridgehead atoms. The van der Waals surface area contributed by atoms with E-state index in [4.69, 9.17) is 4.74 Å². The number of likely N-dealkylation sites (N-methyl/N-ethyl adjacent to an activating group) is 1. The van der Waals surface area contributed by atoms with Crippen molar-refractivity contribution in [3.8, 4) is 5.75 Å². The fourth-order valence-corrected chi connectivity index (χ4v) is 3.42. The summed E-state index contributed by atoms with van der Waals surface area (Å²) in [5.74, 6) is 1.95. The van der Waals surface area contributed by atoms with E-state index in [1.54, 1.807) is 0 Å². The van der Waals surface area contributed by atoms with Gasteiger partial charge in [0.05, 0.1) is 0 Å². The topological polar surface area (TPSA) is 24.5 Å². The van der Waals surface area contributed by atoms with Gasteiger partial charge in [-0.3, -0.25) is 0 Å². The van der Waals surface area contributed by atoms with Crippen molar-refractivity contribution in [2.45, 2.75) is 58.0 Å². The Morgan fingerprint density at radius 3 is 2.65 bits per heavy atom. The van der Waals surface area contributed by atoms with E-state index in [0.717, 1.165) is 31.4 Å². The lowest BCUT2D eigenvalue weighted by Crippen LogP contribution is -2.29. The summed E-state index contributed by atoms with van der Waals surface area (Å²) < 4.78 is 5.95. The molecule has 23 heavy (non-hydrogen) atoms. The normalized spacial score (nSPS) is 17.4. The van der Waals surface area contributed by atoms with Gasteiger partial charge in [0.2, 0.25) is 0 Å². The zero-order valence-electron chi connectivity index (χ0n) is 15.2. The third-order valence-electron chi connectivity index (χ3n) is 4.82. The molecule has 1 aromatic carbocycles. The Morgan fingerprint density at radius 2 is 1.91 bits per heavy atom. The van der Waals surface area contributed by atoms with E-state index >= 15 is 0 Å². The monoisotopic (exact) mass is 318 g/mol. The molecule has 1 fully saturated rings. The first-order chi connectivity index (χ1) is 11.1.